The highest BCUT2D eigenvalue weighted by Crippen LogP contribution is 2.76. The minimum atomic E-state index is -0.713. The maximum atomic E-state index is 12.2. The summed E-state index contributed by atoms with van der Waals surface area (Å²) < 4.78 is 0. The highest BCUT2D eigenvalue weighted by molar-refractivity contribution is 5.89. The van der Waals surface area contributed by atoms with Gasteiger partial charge in [0.15, 0.2) is 5.96 Å². The molecule has 0 aromatic rings. The smallest absolute Gasteiger partial charge is 0.331 e. The first-order valence-corrected chi connectivity index (χ1v) is 11.2. The summed E-state index contributed by atoms with van der Waals surface area (Å²) in [6, 6.07) is 0. The molecular weight excluding hydrogens is 376 g/mol. The Hall–Kier alpha value is -2.26. The molecular formula is C24H32N4O2. The van der Waals surface area contributed by atoms with Gasteiger partial charge in [0.2, 0.25) is 0 Å². The number of rotatable bonds is 3. The van der Waals surface area contributed by atoms with E-state index in [2.05, 4.69) is 51.6 Å². The maximum Gasteiger partial charge on any atom is 0.331 e. The fraction of sp³-hybridized carbons (Fsp3) is 0.667. The fourth-order valence-electron chi connectivity index (χ4n) is 8.02. The van der Waals surface area contributed by atoms with E-state index in [0.29, 0.717) is 42.2 Å². The third-order valence-electron chi connectivity index (χ3n) is 8.90. The number of hydrogen-bond acceptors (Lipinski definition) is 3. The predicted molar refractivity (Wildman–Crippen MR) is 117 cm³/mol. The van der Waals surface area contributed by atoms with E-state index in [1.54, 1.807) is 0 Å². The molecule has 5 aliphatic rings. The molecule has 0 aromatic carbocycles. The zero-order valence-electron chi connectivity index (χ0n) is 18.2. The Balaban J connectivity index is 1.79. The monoisotopic (exact) mass is 408 g/mol. The molecule has 0 saturated heterocycles. The second kappa shape index (κ2) is 6.88. The molecule has 2 aliphatic heterocycles. The molecule has 2 fully saturated rings. The van der Waals surface area contributed by atoms with Gasteiger partial charge in [-0.2, -0.15) is 0 Å². The van der Waals surface area contributed by atoms with Gasteiger partial charge >= 0.3 is 5.97 Å². The molecule has 160 valence electrons. The van der Waals surface area contributed by atoms with Gasteiger partial charge in [-0.1, -0.05) is 30.4 Å². The third kappa shape index (κ3) is 2.30. The van der Waals surface area contributed by atoms with Crippen LogP contribution in [-0.2, 0) is 4.79 Å². The van der Waals surface area contributed by atoms with E-state index in [1.807, 2.05) is 14.1 Å². The predicted octanol–water partition coefficient (Wildman–Crippen LogP) is 2.07. The van der Waals surface area contributed by atoms with Crippen molar-refractivity contribution in [1.29, 1.82) is 0 Å². The van der Waals surface area contributed by atoms with Crippen LogP contribution in [0.3, 0.4) is 0 Å². The van der Waals surface area contributed by atoms with Crippen LogP contribution in [0, 0.1) is 46.3 Å². The van der Waals surface area contributed by atoms with E-state index in [1.165, 1.54) is 5.57 Å². The molecule has 3 aliphatic carbocycles. The Morgan fingerprint density at radius 1 is 1.50 bits per heavy atom. The first kappa shape index (κ1) is 19.7. The lowest BCUT2D eigenvalue weighted by Crippen LogP contribution is -2.63. The summed E-state index contributed by atoms with van der Waals surface area (Å²) >= 11 is 0. The largest absolute Gasteiger partial charge is 0.478 e. The normalized spacial score (nSPS) is 42.5. The van der Waals surface area contributed by atoms with Crippen LogP contribution in [-0.4, -0.2) is 55.7 Å². The van der Waals surface area contributed by atoms with E-state index in [9.17, 15) is 9.90 Å². The molecule has 2 saturated carbocycles. The van der Waals surface area contributed by atoms with Crippen LogP contribution in [0.2, 0.25) is 0 Å². The summed E-state index contributed by atoms with van der Waals surface area (Å²) in [6.45, 7) is 4.73. The number of carbonyl (C=O) groups is 1. The first-order chi connectivity index (χ1) is 14.5. The van der Waals surface area contributed by atoms with Crippen LogP contribution < -0.4 is 10.6 Å². The minimum Gasteiger partial charge on any atom is -0.478 e. The van der Waals surface area contributed by atoms with E-state index >= 15 is 0 Å². The number of allylic oxidation sites excluding steroid dienone is 1. The van der Waals surface area contributed by atoms with Gasteiger partial charge in [-0.3, -0.25) is 4.99 Å². The molecule has 3 N–H and O–H groups in total. The Labute approximate surface area is 178 Å². The Bertz CT molecular complexity index is 925. The van der Waals surface area contributed by atoms with Crippen molar-refractivity contribution < 1.29 is 9.90 Å². The molecule has 6 heteroatoms. The van der Waals surface area contributed by atoms with Crippen LogP contribution in [0.15, 0.2) is 28.4 Å². The molecule has 6 atom stereocenters. The average Bonchev–Trinajstić information content (AvgIpc) is 3.19. The molecule has 5 bridgehead atoms. The Morgan fingerprint density at radius 2 is 2.33 bits per heavy atom. The summed E-state index contributed by atoms with van der Waals surface area (Å²) in [6.07, 6.45) is 8.14. The fourth-order valence-corrected chi connectivity index (χ4v) is 8.02. The molecule has 5 rings (SSSR count). The lowest BCUT2D eigenvalue weighted by Gasteiger charge is -2.62. The van der Waals surface area contributed by atoms with Gasteiger partial charge in [-0.15, -0.1) is 0 Å². The van der Waals surface area contributed by atoms with Crippen LogP contribution in [0.1, 0.15) is 32.6 Å². The third-order valence-corrected chi connectivity index (χ3v) is 8.90. The number of fused-ring (bicyclic) bond motifs is 1. The molecule has 0 aromatic heterocycles. The first-order valence-electron chi connectivity index (χ1n) is 11.2. The maximum absolute atomic E-state index is 12.2. The molecule has 30 heavy (non-hydrogen) atoms. The molecule has 6 unspecified atom stereocenters. The number of aliphatic imine (C=N–C) groups is 1. The number of guanidine groups is 1. The van der Waals surface area contributed by atoms with E-state index in [0.717, 1.165) is 38.3 Å². The molecule has 0 radical (unpaired) electrons. The van der Waals surface area contributed by atoms with Crippen LogP contribution in [0.4, 0.5) is 0 Å². The molecule has 6 nitrogen and oxygen atoms in total. The molecule has 2 heterocycles. The van der Waals surface area contributed by atoms with Gasteiger partial charge in [0.1, 0.15) is 0 Å². The lowest BCUT2D eigenvalue weighted by atomic mass is 9.44. The van der Waals surface area contributed by atoms with Crippen molar-refractivity contribution in [3.63, 3.8) is 0 Å². The number of nitrogens with zero attached hydrogens (tertiary/aromatic N) is 2. The Kier molecular flexibility index (Phi) is 4.52. The van der Waals surface area contributed by atoms with Crippen molar-refractivity contribution in [2.45, 2.75) is 32.6 Å². The van der Waals surface area contributed by atoms with Gasteiger partial charge < -0.3 is 20.6 Å². The van der Waals surface area contributed by atoms with Gasteiger partial charge in [0.25, 0.3) is 0 Å². The van der Waals surface area contributed by atoms with E-state index in [-0.39, 0.29) is 10.8 Å². The number of carboxylic acid groups (broad SMARTS) is 1. The van der Waals surface area contributed by atoms with Crippen LogP contribution >= 0.6 is 0 Å². The average molecular weight is 409 g/mol. The topological polar surface area (TPSA) is 77.0 Å². The van der Waals surface area contributed by atoms with Crippen LogP contribution in [0.5, 0.6) is 0 Å². The van der Waals surface area contributed by atoms with Crippen LogP contribution in [0.25, 0.3) is 0 Å². The van der Waals surface area contributed by atoms with Crippen molar-refractivity contribution in [2.75, 3.05) is 33.7 Å². The summed E-state index contributed by atoms with van der Waals surface area (Å²) in [4.78, 5) is 19.0. The summed E-state index contributed by atoms with van der Waals surface area (Å²) in [7, 11) is 3.85. The zero-order valence-corrected chi connectivity index (χ0v) is 18.2. The lowest BCUT2D eigenvalue weighted by molar-refractivity contribution is -0.132. The van der Waals surface area contributed by atoms with Gasteiger partial charge in [-0.25, -0.2) is 4.79 Å². The van der Waals surface area contributed by atoms with Crippen molar-refractivity contribution in [2.24, 2.45) is 39.5 Å². The van der Waals surface area contributed by atoms with Crippen molar-refractivity contribution in [1.82, 2.24) is 15.5 Å². The minimum absolute atomic E-state index is 0.0384. The standard InChI is InChI=1S/C24H32N4O2/c1-15-11-16-5-4-9-27-22(26-3)28-10-7-17(13-25-2)24(14-28)19(16)12-20-18(21(29)30)6-8-23(15,20)24/h7,10,15-17,19,25H,6,8-9,11-14H2,1-3H3,(H,26,27)(H,29,30). The summed E-state index contributed by atoms with van der Waals surface area (Å²) in [5.74, 6) is 8.59. The molecule has 2 spiro atoms. The highest BCUT2D eigenvalue weighted by Gasteiger charge is 2.73. The van der Waals surface area contributed by atoms with E-state index < -0.39 is 5.97 Å². The SMILES string of the molecule is CN=C1NCC#CC2CC(C)C34CCC(C(=O)O)=C3CC2C42CN1C=CC2CNC. The van der Waals surface area contributed by atoms with Crippen molar-refractivity contribution >= 4 is 11.9 Å². The van der Waals surface area contributed by atoms with Gasteiger partial charge in [-0.05, 0) is 50.5 Å². The number of aliphatic carboxylic acids is 1. The van der Waals surface area contributed by atoms with E-state index in [4.69, 9.17) is 0 Å². The number of nitrogens with one attached hydrogen (secondary N) is 2. The quantitative estimate of drug-likeness (QED) is 0.623. The van der Waals surface area contributed by atoms with Crippen molar-refractivity contribution in [3.8, 4) is 11.8 Å². The van der Waals surface area contributed by atoms with Gasteiger partial charge in [0.05, 0.1) is 6.54 Å². The highest BCUT2D eigenvalue weighted by atomic mass is 16.4. The molecule has 0 amide bonds. The number of hydrogen-bond donors (Lipinski definition) is 3. The summed E-state index contributed by atoms with van der Waals surface area (Å²) in [5, 5.41) is 16.9. The zero-order chi connectivity index (χ0) is 21.1. The summed E-state index contributed by atoms with van der Waals surface area (Å²) in [5.41, 5.74) is 1.84. The second-order valence-electron chi connectivity index (χ2n) is 9.68. The second-order valence-corrected chi connectivity index (χ2v) is 9.68. The number of carboxylic acids is 1. The Morgan fingerprint density at radius 3 is 3.07 bits per heavy atom. The van der Waals surface area contributed by atoms with Gasteiger partial charge in [0, 0.05) is 48.7 Å². The van der Waals surface area contributed by atoms with Crippen molar-refractivity contribution in [3.05, 3.63) is 23.4 Å².